The monoisotopic (exact) mass is 517 g/mol. The molecule has 0 aliphatic carbocycles. The Morgan fingerprint density at radius 1 is 0.833 bits per heavy atom. The first kappa shape index (κ1) is 32.0. The van der Waals surface area contributed by atoms with E-state index in [0.29, 0.717) is 0 Å². The molecule has 0 heterocycles. The zero-order valence-corrected chi connectivity index (χ0v) is 19.8. The van der Waals surface area contributed by atoms with Crippen molar-refractivity contribution in [3.05, 3.63) is 0 Å². The number of carbonyl (C=O) groups excluding carboxylic acids is 5. The summed E-state index contributed by atoms with van der Waals surface area (Å²) in [6.45, 7) is 1.21. The van der Waals surface area contributed by atoms with Gasteiger partial charge in [-0.15, -0.1) is 0 Å². The van der Waals surface area contributed by atoms with Crippen molar-refractivity contribution < 1.29 is 39.0 Å². The van der Waals surface area contributed by atoms with Gasteiger partial charge in [0, 0.05) is 13.0 Å². The van der Waals surface area contributed by atoms with Crippen molar-refractivity contribution in [1.82, 2.24) is 16.0 Å². The van der Waals surface area contributed by atoms with Crippen LogP contribution in [0.4, 0.5) is 0 Å². The summed E-state index contributed by atoms with van der Waals surface area (Å²) < 4.78 is 0. The molecule has 5 atom stereocenters. The van der Waals surface area contributed by atoms with Gasteiger partial charge in [0.2, 0.25) is 29.5 Å². The number of carboxylic acid groups (broad SMARTS) is 1. The molecule has 0 rings (SSSR count). The van der Waals surface area contributed by atoms with Gasteiger partial charge in [-0.3, -0.25) is 29.0 Å². The maximum atomic E-state index is 12.9. The second-order valence-electron chi connectivity index (χ2n) is 7.92. The highest BCUT2D eigenvalue weighted by Gasteiger charge is 2.32. The van der Waals surface area contributed by atoms with Crippen LogP contribution in [0.1, 0.15) is 39.0 Å². The van der Waals surface area contributed by atoms with Crippen molar-refractivity contribution >= 4 is 41.5 Å². The number of nitrogens with one attached hydrogen (secondary N) is 3. The second-order valence-corrected chi connectivity index (χ2v) is 7.92. The number of aliphatic carboxylic acids is 1. The van der Waals surface area contributed by atoms with Crippen LogP contribution in [0.5, 0.6) is 0 Å². The number of rotatable bonds is 17. The quantitative estimate of drug-likeness (QED) is 0.0492. The van der Waals surface area contributed by atoms with Crippen molar-refractivity contribution in [3.63, 3.8) is 0 Å². The average Bonchev–Trinajstić information content (AvgIpc) is 2.75. The van der Waals surface area contributed by atoms with E-state index in [4.69, 9.17) is 28.7 Å². The van der Waals surface area contributed by atoms with Crippen molar-refractivity contribution in [2.45, 2.75) is 69.3 Å². The molecule has 0 radical (unpaired) electrons. The molecule has 5 unspecified atom stereocenters. The molecule has 0 spiro atoms. The van der Waals surface area contributed by atoms with Crippen molar-refractivity contribution in [3.8, 4) is 0 Å². The highest BCUT2D eigenvalue weighted by atomic mass is 16.4. The van der Waals surface area contributed by atoms with Crippen LogP contribution < -0.4 is 44.6 Å². The van der Waals surface area contributed by atoms with Gasteiger partial charge in [0.1, 0.15) is 12.1 Å². The standard InChI is InChI=1S/C19H35N9O8/c1-8(29)14(18(35)36)28-16(33)10(3-2-6-25-19(23)24)26-17(34)11(7-13(22)31)27-15(32)9(20)4-5-12(21)30/h8-11,14,29H,2-7,20H2,1H3,(H2,21,30)(H2,22,31)(H,26,34)(H,27,32)(H,28,33)(H,35,36)(H4,23,24,25). The lowest BCUT2D eigenvalue weighted by atomic mass is 10.1. The number of hydrogen-bond acceptors (Lipinski definition) is 9. The van der Waals surface area contributed by atoms with Gasteiger partial charge in [-0.2, -0.15) is 0 Å². The van der Waals surface area contributed by atoms with E-state index in [9.17, 15) is 39.0 Å². The van der Waals surface area contributed by atoms with Crippen molar-refractivity contribution in [2.24, 2.45) is 33.7 Å². The normalized spacial score (nSPS) is 14.8. The minimum Gasteiger partial charge on any atom is -0.480 e. The lowest BCUT2D eigenvalue weighted by Crippen LogP contribution is -2.58. The first-order valence-corrected chi connectivity index (χ1v) is 10.8. The fourth-order valence-electron chi connectivity index (χ4n) is 2.81. The number of amides is 5. The summed E-state index contributed by atoms with van der Waals surface area (Å²) in [5.74, 6) is -6.25. The number of aliphatic hydroxyl groups is 1. The Morgan fingerprint density at radius 3 is 1.86 bits per heavy atom. The molecule has 0 saturated heterocycles. The first-order chi connectivity index (χ1) is 16.6. The number of nitrogens with zero attached hydrogens (tertiary/aromatic N) is 1. The van der Waals surface area contributed by atoms with Gasteiger partial charge in [-0.25, -0.2) is 4.79 Å². The molecule has 0 aliphatic heterocycles. The van der Waals surface area contributed by atoms with Gasteiger partial charge >= 0.3 is 5.97 Å². The molecule has 0 aromatic heterocycles. The molecule has 0 saturated carbocycles. The molecule has 0 bridgehead atoms. The minimum absolute atomic E-state index is 0.0664. The molecule has 17 nitrogen and oxygen atoms in total. The molecule has 0 aliphatic rings. The second kappa shape index (κ2) is 15.8. The molecule has 0 aromatic rings. The minimum atomic E-state index is -1.68. The Bertz CT molecular complexity index is 845. The van der Waals surface area contributed by atoms with Crippen molar-refractivity contribution in [2.75, 3.05) is 6.54 Å². The number of primary amides is 2. The van der Waals surface area contributed by atoms with Crippen LogP contribution in [0.15, 0.2) is 4.99 Å². The maximum Gasteiger partial charge on any atom is 0.328 e. The first-order valence-electron chi connectivity index (χ1n) is 10.8. The van der Waals surface area contributed by atoms with Crippen LogP contribution in [0.25, 0.3) is 0 Å². The zero-order chi connectivity index (χ0) is 28.0. The molecule has 17 heteroatoms. The third-order valence-corrected chi connectivity index (χ3v) is 4.70. The molecule has 15 N–H and O–H groups in total. The summed E-state index contributed by atoms with van der Waals surface area (Å²) in [6.07, 6.45) is -2.38. The Labute approximate surface area is 206 Å². The number of guanidine groups is 1. The van der Waals surface area contributed by atoms with Gasteiger partial charge in [-0.05, 0) is 26.2 Å². The Kier molecular flexibility index (Phi) is 14.1. The van der Waals surface area contributed by atoms with Crippen LogP contribution in [-0.2, 0) is 28.8 Å². The predicted molar refractivity (Wildman–Crippen MR) is 125 cm³/mol. The Hall–Kier alpha value is -3.99. The number of hydrogen-bond donors (Lipinski definition) is 10. The average molecular weight is 518 g/mol. The molecule has 36 heavy (non-hydrogen) atoms. The van der Waals surface area contributed by atoms with Gasteiger partial charge in [0.15, 0.2) is 12.0 Å². The Balaban J connectivity index is 5.62. The van der Waals surface area contributed by atoms with Gasteiger partial charge < -0.3 is 54.8 Å². The van der Waals surface area contributed by atoms with Crippen LogP contribution >= 0.6 is 0 Å². The summed E-state index contributed by atoms with van der Waals surface area (Å²) >= 11 is 0. The third kappa shape index (κ3) is 13.0. The summed E-state index contributed by atoms with van der Waals surface area (Å²) in [6, 6.07) is -5.83. The number of nitrogens with two attached hydrogens (primary N) is 5. The fraction of sp³-hybridized carbons (Fsp3) is 0.632. The lowest BCUT2D eigenvalue weighted by molar-refractivity contribution is -0.145. The van der Waals surface area contributed by atoms with Crippen LogP contribution in [0.3, 0.4) is 0 Å². The summed E-state index contributed by atoms with van der Waals surface area (Å²) in [7, 11) is 0. The summed E-state index contributed by atoms with van der Waals surface area (Å²) in [5, 5.41) is 25.5. The molecule has 5 amide bonds. The molecule has 0 fully saturated rings. The Morgan fingerprint density at radius 2 is 1.39 bits per heavy atom. The molecule has 204 valence electrons. The maximum absolute atomic E-state index is 12.9. The summed E-state index contributed by atoms with van der Waals surface area (Å²) in [5.41, 5.74) is 26.3. The van der Waals surface area contributed by atoms with Gasteiger partial charge in [0.05, 0.1) is 18.6 Å². The highest BCUT2D eigenvalue weighted by Crippen LogP contribution is 2.04. The third-order valence-electron chi connectivity index (χ3n) is 4.70. The summed E-state index contributed by atoms with van der Waals surface area (Å²) in [4.78, 5) is 75.3. The van der Waals surface area contributed by atoms with E-state index < -0.39 is 72.2 Å². The molecular formula is C19H35N9O8. The van der Waals surface area contributed by atoms with E-state index in [1.165, 1.54) is 0 Å². The van der Waals surface area contributed by atoms with Crippen LogP contribution in [-0.4, -0.2) is 88.5 Å². The largest absolute Gasteiger partial charge is 0.480 e. The highest BCUT2D eigenvalue weighted by molar-refractivity contribution is 5.96. The molecule has 0 aromatic carbocycles. The predicted octanol–water partition coefficient (Wildman–Crippen LogP) is -5.57. The smallest absolute Gasteiger partial charge is 0.328 e. The zero-order valence-electron chi connectivity index (χ0n) is 19.8. The fourth-order valence-corrected chi connectivity index (χ4v) is 2.81. The lowest BCUT2D eigenvalue weighted by Gasteiger charge is -2.25. The van der Waals surface area contributed by atoms with Gasteiger partial charge in [0.25, 0.3) is 0 Å². The molecular weight excluding hydrogens is 482 g/mol. The number of aliphatic imine (C=N–C) groups is 1. The SMILES string of the molecule is CC(O)C(NC(=O)C(CCCN=C(N)N)NC(=O)C(CC(N)=O)NC(=O)C(N)CCC(N)=O)C(=O)O. The van der Waals surface area contributed by atoms with E-state index in [1.807, 2.05) is 0 Å². The van der Waals surface area contributed by atoms with Crippen LogP contribution in [0.2, 0.25) is 0 Å². The van der Waals surface area contributed by atoms with E-state index >= 15 is 0 Å². The van der Waals surface area contributed by atoms with Crippen molar-refractivity contribution in [1.29, 1.82) is 0 Å². The van der Waals surface area contributed by atoms with E-state index in [2.05, 4.69) is 20.9 Å². The topological polar surface area (TPSA) is 321 Å². The van der Waals surface area contributed by atoms with Gasteiger partial charge in [-0.1, -0.05) is 0 Å². The number of aliphatic hydroxyl groups excluding tert-OH is 1. The van der Waals surface area contributed by atoms with E-state index in [1.54, 1.807) is 0 Å². The number of carboxylic acids is 1. The van der Waals surface area contributed by atoms with E-state index in [-0.39, 0.29) is 38.2 Å². The number of carbonyl (C=O) groups is 6. The van der Waals surface area contributed by atoms with E-state index in [0.717, 1.165) is 6.92 Å². The van der Waals surface area contributed by atoms with Crippen LogP contribution in [0, 0.1) is 0 Å².